The van der Waals surface area contributed by atoms with E-state index in [1.54, 1.807) is 12.1 Å². The van der Waals surface area contributed by atoms with Gasteiger partial charge in [0.05, 0.1) is 11.6 Å². The van der Waals surface area contributed by atoms with E-state index < -0.39 is 31.0 Å². The van der Waals surface area contributed by atoms with Gasteiger partial charge in [-0.2, -0.15) is 0 Å². The summed E-state index contributed by atoms with van der Waals surface area (Å²) in [6, 6.07) is 5.31. The average molecular weight is 423 g/mol. The molecular formula is C20H25ClN3O5. The topological polar surface area (TPSA) is 128 Å². The van der Waals surface area contributed by atoms with Crippen molar-refractivity contribution >= 4 is 28.3 Å². The number of anilines is 1. The number of fused-ring (bicyclic) bond motifs is 1. The predicted octanol–water partition coefficient (Wildman–Crippen LogP) is 1.84. The van der Waals surface area contributed by atoms with Crippen LogP contribution in [0.1, 0.15) is 37.4 Å². The summed E-state index contributed by atoms with van der Waals surface area (Å²) >= 11 is 6.11. The Hall–Kier alpha value is -1.55. The van der Waals surface area contributed by atoms with E-state index in [4.69, 9.17) is 16.3 Å². The molecule has 2 unspecified atom stereocenters. The van der Waals surface area contributed by atoms with Crippen LogP contribution < -0.4 is 5.32 Å². The predicted molar refractivity (Wildman–Crippen MR) is 106 cm³/mol. The molecule has 4 N–H and O–H groups in total. The van der Waals surface area contributed by atoms with Crippen molar-refractivity contribution in [3.05, 3.63) is 29.0 Å². The molecule has 2 aliphatic rings. The number of nitrogens with one attached hydrogen (secondary N) is 1. The van der Waals surface area contributed by atoms with Crippen LogP contribution in [0.25, 0.3) is 10.9 Å². The molecule has 1 aromatic carbocycles. The van der Waals surface area contributed by atoms with Gasteiger partial charge in [0.1, 0.15) is 36.8 Å². The summed E-state index contributed by atoms with van der Waals surface area (Å²) in [5.74, 6) is 0.978. The first-order chi connectivity index (χ1) is 14.0. The van der Waals surface area contributed by atoms with Crippen molar-refractivity contribution in [2.45, 2.75) is 56.2 Å². The average Bonchev–Trinajstić information content (AvgIpc) is 3.00. The van der Waals surface area contributed by atoms with E-state index in [0.717, 1.165) is 31.1 Å². The minimum Gasteiger partial charge on any atom is -0.393 e. The summed E-state index contributed by atoms with van der Waals surface area (Å²) in [7, 11) is 0. The number of nitrogens with zero attached hydrogens (tertiary/aromatic N) is 2. The Morgan fingerprint density at radius 3 is 2.72 bits per heavy atom. The van der Waals surface area contributed by atoms with Crippen LogP contribution in [-0.2, 0) is 9.84 Å². The van der Waals surface area contributed by atoms with Crippen molar-refractivity contribution in [1.29, 1.82) is 0 Å². The molecule has 2 fully saturated rings. The summed E-state index contributed by atoms with van der Waals surface area (Å²) in [6.45, 7) is 0.0588. The maximum Gasteiger partial charge on any atom is 0.224 e. The largest absolute Gasteiger partial charge is 0.393 e. The molecule has 0 bridgehead atoms. The lowest BCUT2D eigenvalue weighted by Gasteiger charge is -2.26. The fourth-order valence-electron chi connectivity index (χ4n) is 4.28. The lowest BCUT2D eigenvalue weighted by Crippen LogP contribution is -2.32. The van der Waals surface area contributed by atoms with Crippen molar-refractivity contribution in [3.8, 4) is 0 Å². The standard InChI is InChI=1S/C20H25ClN3O5/c21-20-23-14-7-11(18-17(28)16(27)15(9-25)29-18)4-5-13(14)19(24-20)22-8-10-2-1-3-12(26)6-10/h4-5,7,10,12,15-18,26-28H,1-3,6,8-9H2,(H,22,23,24)/t10?,12?,15-,16-,17-,18+/m1/s1. The van der Waals surface area contributed by atoms with Crippen molar-refractivity contribution in [2.75, 3.05) is 18.5 Å². The van der Waals surface area contributed by atoms with Crippen LogP contribution in [0.3, 0.4) is 0 Å². The molecule has 0 amide bonds. The van der Waals surface area contributed by atoms with Gasteiger partial charge in [-0.1, -0.05) is 12.5 Å². The quantitative estimate of drug-likeness (QED) is 0.541. The lowest BCUT2D eigenvalue weighted by atomic mass is 9.87. The third-order valence-electron chi connectivity index (χ3n) is 5.86. The molecule has 2 aromatic rings. The molecule has 9 heteroatoms. The maximum absolute atomic E-state index is 11.1. The Morgan fingerprint density at radius 2 is 2.00 bits per heavy atom. The molecule has 1 radical (unpaired) electrons. The molecular weight excluding hydrogens is 398 g/mol. The van der Waals surface area contributed by atoms with Gasteiger partial charge in [-0.05, 0) is 54.5 Å². The van der Waals surface area contributed by atoms with E-state index in [9.17, 15) is 20.4 Å². The zero-order valence-corrected chi connectivity index (χ0v) is 16.6. The molecule has 1 aromatic heterocycles. The van der Waals surface area contributed by atoms with E-state index in [0.29, 0.717) is 29.4 Å². The van der Waals surface area contributed by atoms with Crippen LogP contribution >= 0.6 is 11.6 Å². The van der Waals surface area contributed by atoms with E-state index in [1.165, 1.54) is 0 Å². The fraction of sp³-hybridized carbons (Fsp3) is 0.600. The van der Waals surface area contributed by atoms with Gasteiger partial charge in [0.25, 0.3) is 0 Å². The molecule has 1 saturated carbocycles. The first kappa shape index (κ1) is 20.7. The Kier molecular flexibility index (Phi) is 6.19. The molecule has 6 atom stereocenters. The lowest BCUT2D eigenvalue weighted by molar-refractivity contribution is -0.0398. The van der Waals surface area contributed by atoms with E-state index >= 15 is 0 Å². The highest BCUT2D eigenvalue weighted by atomic mass is 35.5. The third kappa shape index (κ3) is 4.33. The van der Waals surface area contributed by atoms with Crippen molar-refractivity contribution in [3.63, 3.8) is 0 Å². The normalized spacial score (nSPS) is 32.6. The molecule has 4 rings (SSSR count). The monoisotopic (exact) mass is 422 g/mol. The van der Waals surface area contributed by atoms with E-state index in [-0.39, 0.29) is 11.4 Å². The number of hydrogen-bond donors (Lipinski definition) is 4. The smallest absolute Gasteiger partial charge is 0.224 e. The van der Waals surface area contributed by atoms with Crippen LogP contribution in [0.2, 0.25) is 5.28 Å². The van der Waals surface area contributed by atoms with Crippen LogP contribution in [0, 0.1) is 5.92 Å². The van der Waals surface area contributed by atoms with Crippen LogP contribution in [-0.4, -0.2) is 62.9 Å². The highest BCUT2D eigenvalue weighted by Gasteiger charge is 2.43. The second kappa shape index (κ2) is 8.67. The van der Waals surface area contributed by atoms with Crippen LogP contribution in [0.5, 0.6) is 0 Å². The fourth-order valence-corrected chi connectivity index (χ4v) is 4.46. The molecule has 157 valence electrons. The molecule has 1 aliphatic heterocycles. The van der Waals surface area contributed by atoms with Gasteiger partial charge in [-0.25, -0.2) is 15.1 Å². The molecule has 2 heterocycles. The summed E-state index contributed by atoms with van der Waals surface area (Å²) in [4.78, 5) is 8.57. The van der Waals surface area contributed by atoms with Gasteiger partial charge in [0.2, 0.25) is 5.28 Å². The molecule has 1 saturated heterocycles. The number of ether oxygens (including phenoxy) is 1. The number of aliphatic hydroxyl groups is 3. The van der Waals surface area contributed by atoms with Crippen molar-refractivity contribution in [2.24, 2.45) is 5.92 Å². The zero-order valence-electron chi connectivity index (χ0n) is 15.9. The molecule has 1 aliphatic carbocycles. The minimum atomic E-state index is -1.22. The SMILES string of the molecule is [O]C[C@H]1O[C@@H](c2ccc3c(NCC4CCCC(O)C4)nc(Cl)nc3c2)[C@H](O)[C@@H]1O. The molecule has 8 nitrogen and oxygen atoms in total. The van der Waals surface area contributed by atoms with Gasteiger partial charge in [-0.3, -0.25) is 0 Å². The van der Waals surface area contributed by atoms with Crippen molar-refractivity contribution < 1.29 is 25.2 Å². The number of aromatic nitrogens is 2. The second-order valence-electron chi connectivity index (χ2n) is 7.93. The summed E-state index contributed by atoms with van der Waals surface area (Å²) in [5.41, 5.74) is 1.18. The number of rotatable bonds is 5. The number of benzene rings is 1. The van der Waals surface area contributed by atoms with Crippen LogP contribution in [0.4, 0.5) is 5.82 Å². The van der Waals surface area contributed by atoms with Gasteiger partial charge in [0.15, 0.2) is 0 Å². The van der Waals surface area contributed by atoms with Gasteiger partial charge in [0, 0.05) is 11.9 Å². The molecule has 0 spiro atoms. The van der Waals surface area contributed by atoms with E-state index in [1.807, 2.05) is 6.07 Å². The second-order valence-corrected chi connectivity index (χ2v) is 8.27. The number of aliphatic hydroxyl groups excluding tert-OH is 3. The first-order valence-corrected chi connectivity index (χ1v) is 10.3. The maximum atomic E-state index is 11.1. The highest BCUT2D eigenvalue weighted by molar-refractivity contribution is 6.28. The third-order valence-corrected chi connectivity index (χ3v) is 6.03. The Morgan fingerprint density at radius 1 is 1.17 bits per heavy atom. The van der Waals surface area contributed by atoms with Gasteiger partial charge < -0.3 is 25.4 Å². The minimum absolute atomic E-state index is 0.0891. The highest BCUT2D eigenvalue weighted by Crippen LogP contribution is 2.35. The van der Waals surface area contributed by atoms with Gasteiger partial charge >= 0.3 is 0 Å². The summed E-state index contributed by atoms with van der Waals surface area (Å²) in [5, 5.41) is 45.4. The Labute approximate surface area is 173 Å². The zero-order chi connectivity index (χ0) is 20.5. The van der Waals surface area contributed by atoms with Crippen molar-refractivity contribution in [1.82, 2.24) is 9.97 Å². The van der Waals surface area contributed by atoms with Crippen LogP contribution in [0.15, 0.2) is 18.2 Å². The van der Waals surface area contributed by atoms with Gasteiger partial charge in [-0.15, -0.1) is 0 Å². The first-order valence-electron chi connectivity index (χ1n) is 9.95. The Balaban J connectivity index is 1.56. The summed E-state index contributed by atoms with van der Waals surface area (Å²) < 4.78 is 5.54. The van der Waals surface area contributed by atoms with E-state index in [2.05, 4.69) is 15.3 Å². The number of hydrogen-bond acceptors (Lipinski definition) is 7. The number of halogens is 1. The Bertz CT molecular complexity index is 869. The summed E-state index contributed by atoms with van der Waals surface area (Å²) in [6.07, 6.45) is -0.677. The molecule has 29 heavy (non-hydrogen) atoms.